The lowest BCUT2D eigenvalue weighted by Crippen LogP contribution is -2.44. The summed E-state index contributed by atoms with van der Waals surface area (Å²) in [5.41, 5.74) is 0. The van der Waals surface area contributed by atoms with Gasteiger partial charge in [-0.3, -0.25) is 4.79 Å². The summed E-state index contributed by atoms with van der Waals surface area (Å²) < 4.78 is 0. The zero-order chi connectivity index (χ0) is 22.9. The van der Waals surface area contributed by atoms with Crippen molar-refractivity contribution >= 4 is 23.5 Å². The summed E-state index contributed by atoms with van der Waals surface area (Å²) in [5, 5.41) is 4.12. The minimum Gasteiger partial charge on any atom is -0.356 e. The van der Waals surface area contributed by atoms with E-state index in [0.717, 1.165) is 60.7 Å². The van der Waals surface area contributed by atoms with Gasteiger partial charge in [0.2, 0.25) is 5.91 Å². The normalized spacial score (nSPS) is 21.7. The topological polar surface area (TPSA) is 61.4 Å². The number of benzene rings is 1. The highest BCUT2D eigenvalue weighted by atomic mass is 32.2. The molecule has 6 nitrogen and oxygen atoms in total. The number of amides is 1. The third-order valence-electron chi connectivity index (χ3n) is 6.84. The molecule has 1 aromatic carbocycles. The number of nitrogens with one attached hydrogen (secondary N) is 1. The maximum Gasteiger partial charge on any atom is 0.224 e. The Bertz CT molecular complexity index is 880. The number of carbonyl (C=O) groups is 1. The van der Waals surface area contributed by atoms with Gasteiger partial charge in [-0.05, 0) is 57.2 Å². The number of anilines is 1. The number of likely N-dealkylation sites (tertiary alicyclic amines) is 1. The molecule has 2 aliphatic rings. The Kier molecular flexibility index (Phi) is 9.01. The molecule has 2 aliphatic heterocycles. The van der Waals surface area contributed by atoms with Gasteiger partial charge in [-0.15, -0.1) is 0 Å². The van der Waals surface area contributed by atoms with Crippen molar-refractivity contribution in [1.82, 2.24) is 20.2 Å². The van der Waals surface area contributed by atoms with Crippen molar-refractivity contribution in [3.63, 3.8) is 0 Å². The lowest BCUT2D eigenvalue weighted by molar-refractivity contribution is -0.125. The molecule has 0 radical (unpaired) electrons. The van der Waals surface area contributed by atoms with Gasteiger partial charge in [0, 0.05) is 49.5 Å². The highest BCUT2D eigenvalue weighted by molar-refractivity contribution is 7.99. The molecule has 0 saturated carbocycles. The standard InChI is InChI=1S/C26H37N5OS/c1-2-22-11-6-7-17-30(22)19-9-14-28-25(32)21-10-8-18-31(20-21)24-26(29-16-15-27-24)33-23-12-4-3-5-13-23/h3-5,12-13,15-16,21-22H,2,6-11,14,17-20H2,1H3,(H,28,32)/t21-,22+/m1/s1. The van der Waals surface area contributed by atoms with Crippen LogP contribution in [0, 0.1) is 5.92 Å². The minimum atomic E-state index is 0.00806. The second-order valence-electron chi connectivity index (χ2n) is 9.12. The van der Waals surface area contributed by atoms with E-state index in [9.17, 15) is 4.79 Å². The SMILES string of the molecule is CC[C@H]1CCCCN1CCCNC(=O)[C@@H]1CCCN(c2nccnc2Sc2ccccc2)C1. The first-order valence-electron chi connectivity index (χ1n) is 12.5. The van der Waals surface area contributed by atoms with Crippen LogP contribution in [0.2, 0.25) is 0 Å². The van der Waals surface area contributed by atoms with Crippen LogP contribution in [0.25, 0.3) is 0 Å². The van der Waals surface area contributed by atoms with E-state index in [1.807, 2.05) is 18.2 Å². The molecule has 0 spiro atoms. The molecule has 2 fully saturated rings. The van der Waals surface area contributed by atoms with E-state index in [2.05, 4.69) is 44.1 Å². The average Bonchev–Trinajstić information content (AvgIpc) is 2.88. The number of hydrogen-bond acceptors (Lipinski definition) is 6. The number of piperidine rings is 2. The fraction of sp³-hybridized carbons (Fsp3) is 0.577. The summed E-state index contributed by atoms with van der Waals surface area (Å²) in [6.07, 6.45) is 11.7. The maximum absolute atomic E-state index is 12.9. The molecule has 3 heterocycles. The summed E-state index contributed by atoms with van der Waals surface area (Å²) in [5.74, 6) is 1.08. The molecule has 2 atom stereocenters. The van der Waals surface area contributed by atoms with Crippen molar-refractivity contribution in [3.8, 4) is 0 Å². The maximum atomic E-state index is 12.9. The highest BCUT2D eigenvalue weighted by Crippen LogP contribution is 2.33. The van der Waals surface area contributed by atoms with Crippen LogP contribution in [-0.4, -0.2) is 59.5 Å². The summed E-state index contributed by atoms with van der Waals surface area (Å²) in [6.45, 7) is 6.98. The van der Waals surface area contributed by atoms with Gasteiger partial charge >= 0.3 is 0 Å². The average molecular weight is 468 g/mol. The van der Waals surface area contributed by atoms with Crippen LogP contribution in [0.5, 0.6) is 0 Å². The second kappa shape index (κ2) is 12.4. The van der Waals surface area contributed by atoms with Crippen molar-refractivity contribution in [2.24, 2.45) is 5.92 Å². The predicted molar refractivity (Wildman–Crippen MR) is 135 cm³/mol. The third-order valence-corrected chi connectivity index (χ3v) is 7.83. The van der Waals surface area contributed by atoms with Crippen molar-refractivity contribution < 1.29 is 4.79 Å². The molecule has 7 heteroatoms. The Morgan fingerprint density at radius 1 is 1.09 bits per heavy atom. The molecule has 0 bridgehead atoms. The molecule has 1 aromatic heterocycles. The van der Waals surface area contributed by atoms with Crippen LogP contribution >= 0.6 is 11.8 Å². The molecule has 4 rings (SSSR count). The lowest BCUT2D eigenvalue weighted by Gasteiger charge is -2.35. The van der Waals surface area contributed by atoms with E-state index in [0.29, 0.717) is 6.54 Å². The molecular formula is C26H37N5OS. The summed E-state index contributed by atoms with van der Waals surface area (Å²) in [7, 11) is 0. The van der Waals surface area contributed by atoms with Gasteiger partial charge in [-0.25, -0.2) is 9.97 Å². The molecule has 1 N–H and O–H groups in total. The zero-order valence-electron chi connectivity index (χ0n) is 19.8. The fourth-order valence-corrected chi connectivity index (χ4v) is 5.95. The van der Waals surface area contributed by atoms with E-state index < -0.39 is 0 Å². The van der Waals surface area contributed by atoms with Gasteiger partial charge in [0.1, 0.15) is 5.03 Å². The summed E-state index contributed by atoms with van der Waals surface area (Å²) in [4.78, 5) is 28.2. The smallest absolute Gasteiger partial charge is 0.224 e. The van der Waals surface area contributed by atoms with E-state index in [1.165, 1.54) is 32.2 Å². The fourth-order valence-electron chi connectivity index (χ4n) is 5.05. The van der Waals surface area contributed by atoms with Gasteiger partial charge in [0.25, 0.3) is 0 Å². The number of hydrogen-bond donors (Lipinski definition) is 1. The van der Waals surface area contributed by atoms with E-state index in [1.54, 1.807) is 24.2 Å². The van der Waals surface area contributed by atoms with E-state index in [4.69, 9.17) is 0 Å². The van der Waals surface area contributed by atoms with E-state index >= 15 is 0 Å². The molecular weight excluding hydrogens is 430 g/mol. The van der Waals surface area contributed by atoms with Gasteiger partial charge in [0.15, 0.2) is 5.82 Å². The Labute approximate surface area is 202 Å². The lowest BCUT2D eigenvalue weighted by atomic mass is 9.97. The molecule has 33 heavy (non-hydrogen) atoms. The first-order chi connectivity index (χ1) is 16.2. The van der Waals surface area contributed by atoms with Crippen molar-refractivity contribution in [2.75, 3.05) is 37.6 Å². The van der Waals surface area contributed by atoms with Gasteiger partial charge in [-0.2, -0.15) is 0 Å². The zero-order valence-corrected chi connectivity index (χ0v) is 20.6. The first-order valence-corrected chi connectivity index (χ1v) is 13.4. The van der Waals surface area contributed by atoms with Gasteiger partial charge < -0.3 is 15.1 Å². The van der Waals surface area contributed by atoms with Crippen LogP contribution < -0.4 is 10.2 Å². The van der Waals surface area contributed by atoms with Gasteiger partial charge in [0.05, 0.1) is 5.92 Å². The number of carbonyl (C=O) groups excluding carboxylic acids is 1. The number of nitrogens with zero attached hydrogens (tertiary/aromatic N) is 4. The van der Waals surface area contributed by atoms with Crippen LogP contribution in [-0.2, 0) is 4.79 Å². The largest absolute Gasteiger partial charge is 0.356 e. The van der Waals surface area contributed by atoms with Crippen molar-refractivity contribution in [2.45, 2.75) is 67.8 Å². The summed E-state index contributed by atoms with van der Waals surface area (Å²) >= 11 is 1.63. The number of aromatic nitrogens is 2. The molecule has 2 saturated heterocycles. The number of rotatable bonds is 9. The molecule has 178 valence electrons. The third kappa shape index (κ3) is 6.70. The quantitative estimate of drug-likeness (QED) is 0.543. The van der Waals surface area contributed by atoms with Crippen molar-refractivity contribution in [3.05, 3.63) is 42.7 Å². The Morgan fingerprint density at radius 2 is 1.94 bits per heavy atom. The monoisotopic (exact) mass is 467 g/mol. The molecule has 0 unspecified atom stereocenters. The Balaban J connectivity index is 1.28. The second-order valence-corrected chi connectivity index (χ2v) is 10.2. The molecule has 2 aromatic rings. The minimum absolute atomic E-state index is 0.00806. The van der Waals surface area contributed by atoms with Crippen LogP contribution in [0.4, 0.5) is 5.82 Å². The Hall–Kier alpha value is -2.12. The van der Waals surface area contributed by atoms with Crippen LogP contribution in [0.1, 0.15) is 51.9 Å². The van der Waals surface area contributed by atoms with Crippen LogP contribution in [0.3, 0.4) is 0 Å². The predicted octanol–water partition coefficient (Wildman–Crippen LogP) is 4.62. The highest BCUT2D eigenvalue weighted by Gasteiger charge is 2.28. The van der Waals surface area contributed by atoms with Gasteiger partial charge in [-0.1, -0.05) is 43.3 Å². The summed E-state index contributed by atoms with van der Waals surface area (Å²) in [6, 6.07) is 11.0. The van der Waals surface area contributed by atoms with Crippen molar-refractivity contribution in [1.29, 1.82) is 0 Å². The first kappa shape index (κ1) is 24.0. The molecule has 1 amide bonds. The van der Waals surface area contributed by atoms with Crippen LogP contribution in [0.15, 0.2) is 52.6 Å². The Morgan fingerprint density at radius 3 is 2.79 bits per heavy atom. The van der Waals surface area contributed by atoms with E-state index in [-0.39, 0.29) is 11.8 Å². The molecule has 0 aliphatic carbocycles.